The minimum absolute atomic E-state index is 0.166. The van der Waals surface area contributed by atoms with Crippen molar-refractivity contribution >= 4 is 17.8 Å². The van der Waals surface area contributed by atoms with Crippen LogP contribution in [0.25, 0.3) is 6.08 Å². The molecule has 0 aromatic heterocycles. The number of ether oxygens (including phenoxy) is 5. The Hall–Kier alpha value is -4.26. The van der Waals surface area contributed by atoms with E-state index in [4.69, 9.17) is 23.7 Å². The van der Waals surface area contributed by atoms with Gasteiger partial charge in [0.1, 0.15) is 34.3 Å². The first-order chi connectivity index (χ1) is 16.0. The first kappa shape index (κ1) is 22.0. The summed E-state index contributed by atoms with van der Waals surface area (Å²) in [6.07, 6.45) is 1.66. The molecule has 3 aromatic rings. The fourth-order valence-electron chi connectivity index (χ4n) is 3.53. The fourth-order valence-corrected chi connectivity index (χ4v) is 3.53. The van der Waals surface area contributed by atoms with Crippen LogP contribution < -0.4 is 23.7 Å². The number of ketones is 1. The summed E-state index contributed by atoms with van der Waals surface area (Å²) in [6, 6.07) is 15.4. The molecule has 0 amide bonds. The number of hydrogen-bond acceptors (Lipinski definition) is 7. The molecule has 0 bridgehead atoms. The molecule has 1 heterocycles. The van der Waals surface area contributed by atoms with Gasteiger partial charge in [-0.05, 0) is 55.0 Å². The summed E-state index contributed by atoms with van der Waals surface area (Å²) in [7, 11) is 4.51. The Morgan fingerprint density at radius 1 is 0.848 bits per heavy atom. The number of esters is 1. The molecule has 0 unspecified atom stereocenters. The lowest BCUT2D eigenvalue weighted by atomic mass is 10.1. The summed E-state index contributed by atoms with van der Waals surface area (Å²) >= 11 is 0. The number of allylic oxidation sites excluding steroid dienone is 1. The van der Waals surface area contributed by atoms with E-state index in [2.05, 4.69) is 0 Å². The maximum Gasteiger partial charge on any atom is 0.351 e. The number of hydrogen-bond donors (Lipinski definition) is 0. The number of rotatable bonds is 6. The van der Waals surface area contributed by atoms with Crippen LogP contribution in [0.4, 0.5) is 0 Å². The van der Waals surface area contributed by atoms with Crippen LogP contribution >= 0.6 is 0 Å². The number of fused-ring (bicyclic) bond motifs is 1. The zero-order valence-electron chi connectivity index (χ0n) is 18.6. The Labute approximate surface area is 191 Å². The highest BCUT2D eigenvalue weighted by Crippen LogP contribution is 2.40. The molecular formula is C26H22O7. The molecule has 0 N–H and O–H groups in total. The summed E-state index contributed by atoms with van der Waals surface area (Å²) in [4.78, 5) is 25.8. The average molecular weight is 446 g/mol. The van der Waals surface area contributed by atoms with E-state index >= 15 is 0 Å². The Kier molecular flexibility index (Phi) is 6.04. The minimum atomic E-state index is -0.648. The molecule has 3 aromatic carbocycles. The predicted octanol–water partition coefficient (Wildman–Crippen LogP) is 4.86. The molecule has 0 spiro atoms. The van der Waals surface area contributed by atoms with Crippen molar-refractivity contribution in [2.45, 2.75) is 6.92 Å². The second kappa shape index (κ2) is 9.08. The Morgan fingerprint density at radius 3 is 2.12 bits per heavy atom. The van der Waals surface area contributed by atoms with Crippen LogP contribution in [0.3, 0.4) is 0 Å². The monoisotopic (exact) mass is 446 g/mol. The highest BCUT2D eigenvalue weighted by molar-refractivity contribution is 6.15. The molecule has 7 nitrogen and oxygen atoms in total. The number of Topliss-reactive ketones (excluding diaryl/α,β-unsaturated/α-hetero) is 1. The van der Waals surface area contributed by atoms with Crippen molar-refractivity contribution < 1.29 is 33.3 Å². The Bertz CT molecular complexity index is 1230. The smallest absolute Gasteiger partial charge is 0.351 e. The van der Waals surface area contributed by atoms with Crippen molar-refractivity contribution in [3.63, 3.8) is 0 Å². The van der Waals surface area contributed by atoms with Gasteiger partial charge in [0, 0.05) is 5.56 Å². The number of benzene rings is 3. The molecule has 7 heteroatoms. The highest BCUT2D eigenvalue weighted by Gasteiger charge is 2.31. The SMILES string of the molecule is COc1ccc(/C=C2\Oc3c(ccc(OC(=O)c4c(OC)cccc4OC)c3C)C2=O)cc1. The van der Waals surface area contributed by atoms with Gasteiger partial charge in [-0.3, -0.25) is 4.79 Å². The van der Waals surface area contributed by atoms with Gasteiger partial charge in [0.15, 0.2) is 5.76 Å². The molecular weight excluding hydrogens is 424 g/mol. The molecule has 0 saturated heterocycles. The van der Waals surface area contributed by atoms with E-state index in [1.807, 2.05) is 12.1 Å². The van der Waals surface area contributed by atoms with E-state index in [1.165, 1.54) is 14.2 Å². The van der Waals surface area contributed by atoms with Gasteiger partial charge in [-0.15, -0.1) is 0 Å². The van der Waals surface area contributed by atoms with Gasteiger partial charge < -0.3 is 23.7 Å². The van der Waals surface area contributed by atoms with Gasteiger partial charge in [-0.2, -0.15) is 0 Å². The summed E-state index contributed by atoms with van der Waals surface area (Å²) in [5, 5.41) is 0. The van der Waals surface area contributed by atoms with Crippen LogP contribution in [0.15, 0.2) is 60.4 Å². The maximum atomic E-state index is 12.9. The van der Waals surface area contributed by atoms with Gasteiger partial charge >= 0.3 is 5.97 Å². The van der Waals surface area contributed by atoms with Gasteiger partial charge in [-0.1, -0.05) is 18.2 Å². The third-order valence-corrected chi connectivity index (χ3v) is 5.28. The van der Waals surface area contributed by atoms with Crippen LogP contribution in [0.2, 0.25) is 0 Å². The van der Waals surface area contributed by atoms with E-state index in [9.17, 15) is 9.59 Å². The lowest BCUT2D eigenvalue weighted by Gasteiger charge is -2.14. The third-order valence-electron chi connectivity index (χ3n) is 5.28. The molecule has 1 aliphatic heterocycles. The maximum absolute atomic E-state index is 12.9. The molecule has 168 valence electrons. The standard InChI is InChI=1S/C26H22O7/c1-15-19(33-26(28)23-20(30-3)6-5-7-21(23)31-4)13-12-18-24(27)22(32-25(15)18)14-16-8-10-17(29-2)11-9-16/h5-14H,1-4H3/b22-14-. The van der Waals surface area contributed by atoms with E-state index < -0.39 is 5.97 Å². The zero-order chi connectivity index (χ0) is 23.5. The largest absolute Gasteiger partial charge is 0.497 e. The molecule has 0 atom stereocenters. The molecule has 0 radical (unpaired) electrons. The molecule has 1 aliphatic rings. The first-order valence-corrected chi connectivity index (χ1v) is 10.1. The minimum Gasteiger partial charge on any atom is -0.497 e. The summed E-state index contributed by atoms with van der Waals surface area (Å²) in [5.41, 5.74) is 1.89. The molecule has 33 heavy (non-hydrogen) atoms. The zero-order valence-corrected chi connectivity index (χ0v) is 18.6. The van der Waals surface area contributed by atoms with E-state index in [0.29, 0.717) is 34.1 Å². The van der Waals surface area contributed by atoms with Crippen LogP contribution in [0, 0.1) is 6.92 Å². The second-order valence-corrected chi connectivity index (χ2v) is 7.21. The third kappa shape index (κ3) is 4.13. The van der Waals surface area contributed by atoms with Crippen molar-refractivity contribution in [3.05, 3.63) is 82.6 Å². The highest BCUT2D eigenvalue weighted by atomic mass is 16.5. The van der Waals surface area contributed by atoms with E-state index in [1.54, 1.807) is 62.6 Å². The van der Waals surface area contributed by atoms with E-state index in [-0.39, 0.29) is 22.9 Å². The lowest BCUT2D eigenvalue weighted by molar-refractivity contribution is 0.0726. The Balaban J connectivity index is 1.62. The van der Waals surface area contributed by atoms with Crippen LogP contribution in [-0.2, 0) is 0 Å². The molecule has 4 rings (SSSR count). The number of carbonyl (C=O) groups is 2. The normalized spacial score (nSPS) is 13.3. The molecule has 0 aliphatic carbocycles. The quantitative estimate of drug-likeness (QED) is 0.304. The van der Waals surface area contributed by atoms with Gasteiger partial charge in [0.25, 0.3) is 0 Å². The van der Waals surface area contributed by atoms with Crippen molar-refractivity contribution in [1.29, 1.82) is 0 Å². The molecule has 0 saturated carbocycles. The van der Waals surface area contributed by atoms with Crippen molar-refractivity contribution in [2.75, 3.05) is 21.3 Å². The van der Waals surface area contributed by atoms with E-state index in [0.717, 1.165) is 5.56 Å². The lowest BCUT2D eigenvalue weighted by Crippen LogP contribution is -2.12. The second-order valence-electron chi connectivity index (χ2n) is 7.21. The van der Waals surface area contributed by atoms with Gasteiger partial charge in [0.2, 0.25) is 5.78 Å². The predicted molar refractivity (Wildman–Crippen MR) is 122 cm³/mol. The van der Waals surface area contributed by atoms with Crippen molar-refractivity contribution in [3.8, 4) is 28.7 Å². The summed E-state index contributed by atoms with van der Waals surface area (Å²) in [5.74, 6) is 1.30. The van der Waals surface area contributed by atoms with Crippen molar-refractivity contribution in [1.82, 2.24) is 0 Å². The number of carbonyl (C=O) groups excluding carboxylic acids is 2. The van der Waals surface area contributed by atoms with Crippen LogP contribution in [0.5, 0.6) is 28.7 Å². The van der Waals surface area contributed by atoms with Crippen LogP contribution in [0.1, 0.15) is 31.8 Å². The number of methoxy groups -OCH3 is 3. The van der Waals surface area contributed by atoms with Crippen LogP contribution in [-0.4, -0.2) is 33.1 Å². The summed E-state index contributed by atoms with van der Waals surface area (Å²) in [6.45, 7) is 1.73. The average Bonchev–Trinajstić information content (AvgIpc) is 3.16. The Morgan fingerprint density at radius 2 is 1.52 bits per heavy atom. The fraction of sp³-hybridized carbons (Fsp3) is 0.154. The summed E-state index contributed by atoms with van der Waals surface area (Å²) < 4.78 is 27.2. The first-order valence-electron chi connectivity index (χ1n) is 10.1. The molecule has 0 fully saturated rings. The van der Waals surface area contributed by atoms with Gasteiger partial charge in [0.05, 0.1) is 26.9 Å². The van der Waals surface area contributed by atoms with Crippen molar-refractivity contribution in [2.24, 2.45) is 0 Å². The van der Waals surface area contributed by atoms with Gasteiger partial charge in [-0.25, -0.2) is 4.79 Å². The topological polar surface area (TPSA) is 80.3 Å².